The van der Waals surface area contributed by atoms with E-state index >= 15 is 0 Å². The molecule has 1 heterocycles. The topological polar surface area (TPSA) is 102 Å². The van der Waals surface area contributed by atoms with Gasteiger partial charge in [-0.1, -0.05) is 36.9 Å². The Morgan fingerprint density at radius 1 is 1.10 bits per heavy atom. The molecule has 0 bridgehead atoms. The number of amides is 1. The number of aliphatic hydroxyl groups is 1. The zero-order valence-corrected chi connectivity index (χ0v) is 24.5. The summed E-state index contributed by atoms with van der Waals surface area (Å²) in [5.41, 5.74) is 5.29. The van der Waals surface area contributed by atoms with Crippen molar-refractivity contribution in [2.45, 2.75) is 76.8 Å². The van der Waals surface area contributed by atoms with Gasteiger partial charge in [-0.15, -0.1) is 0 Å². The first-order valence-corrected chi connectivity index (χ1v) is 15.2. The molecule has 2 atom stereocenters. The maximum atomic E-state index is 12.2. The van der Waals surface area contributed by atoms with Gasteiger partial charge in [0.05, 0.1) is 18.6 Å². The fourth-order valence-electron chi connectivity index (χ4n) is 5.12. The standard InChI is InChI=1S/C32H39NO6S/c1-21-10-13-25(39-26-14-11-24(12-15-26)29-20-30(34)33-40(29,36)37)8-6-7-9-28(21)31-22(2)18-27(19-23(31)3)38-17-16-32(4,5)35/h6-7,9,11-12,14-15,18-19,25,29,35H,1,8,10,13,16-17,20H2,2-5H3,(H,33,34)/b7-6-,28-9+/t25-,29?/m0/s1. The molecule has 0 radical (unpaired) electrons. The lowest BCUT2D eigenvalue weighted by Gasteiger charge is -2.21. The van der Waals surface area contributed by atoms with E-state index in [4.69, 9.17) is 9.47 Å². The van der Waals surface area contributed by atoms with Crippen molar-refractivity contribution in [3.8, 4) is 11.5 Å². The van der Waals surface area contributed by atoms with Crippen molar-refractivity contribution in [1.82, 2.24) is 4.72 Å². The number of carbonyl (C=O) groups excluding carboxylic acids is 1. The number of ether oxygens (including phenoxy) is 2. The quantitative estimate of drug-likeness (QED) is 0.416. The van der Waals surface area contributed by atoms with Crippen LogP contribution in [-0.4, -0.2) is 37.7 Å². The van der Waals surface area contributed by atoms with Gasteiger partial charge in [0.1, 0.15) is 22.9 Å². The minimum Gasteiger partial charge on any atom is -0.493 e. The third-order valence-corrected chi connectivity index (χ3v) is 8.96. The summed E-state index contributed by atoms with van der Waals surface area (Å²) in [6.45, 7) is 12.6. The van der Waals surface area contributed by atoms with E-state index in [0.29, 0.717) is 24.3 Å². The third-order valence-electron chi connectivity index (χ3n) is 7.26. The summed E-state index contributed by atoms with van der Waals surface area (Å²) >= 11 is 0. The molecule has 1 aliphatic carbocycles. The highest BCUT2D eigenvalue weighted by Crippen LogP contribution is 2.35. The van der Waals surface area contributed by atoms with E-state index in [1.807, 2.05) is 22.9 Å². The van der Waals surface area contributed by atoms with Crippen molar-refractivity contribution in [1.29, 1.82) is 0 Å². The monoisotopic (exact) mass is 565 g/mol. The minimum atomic E-state index is -3.68. The summed E-state index contributed by atoms with van der Waals surface area (Å²) < 4.78 is 38.6. The van der Waals surface area contributed by atoms with Crippen LogP contribution in [0.4, 0.5) is 0 Å². The van der Waals surface area contributed by atoms with Crippen LogP contribution < -0.4 is 14.2 Å². The van der Waals surface area contributed by atoms with Crippen molar-refractivity contribution in [3.05, 3.63) is 89.0 Å². The number of aryl methyl sites for hydroxylation is 2. The van der Waals surface area contributed by atoms with Crippen molar-refractivity contribution in [2.75, 3.05) is 6.61 Å². The molecule has 0 aromatic heterocycles. The first kappa shape index (κ1) is 29.6. The number of benzene rings is 2. The third kappa shape index (κ3) is 7.43. The number of rotatable bonds is 8. The maximum Gasteiger partial charge on any atom is 0.242 e. The van der Waals surface area contributed by atoms with Crippen LogP contribution in [0.1, 0.15) is 73.5 Å². The first-order valence-electron chi connectivity index (χ1n) is 13.7. The molecule has 7 nitrogen and oxygen atoms in total. The first-order chi connectivity index (χ1) is 18.8. The van der Waals surface area contributed by atoms with Crippen LogP contribution in [0.3, 0.4) is 0 Å². The molecule has 1 amide bonds. The van der Waals surface area contributed by atoms with Crippen molar-refractivity contribution in [2.24, 2.45) is 0 Å². The number of carbonyl (C=O) groups is 1. The van der Waals surface area contributed by atoms with Gasteiger partial charge in [0.25, 0.3) is 0 Å². The smallest absolute Gasteiger partial charge is 0.242 e. The molecule has 214 valence electrons. The van der Waals surface area contributed by atoms with Crippen LogP contribution >= 0.6 is 0 Å². The Bertz CT molecular complexity index is 1410. The fraction of sp³-hybridized carbons (Fsp3) is 0.406. The van der Waals surface area contributed by atoms with E-state index in [1.165, 1.54) is 0 Å². The minimum absolute atomic E-state index is 0.0653. The van der Waals surface area contributed by atoms with Gasteiger partial charge >= 0.3 is 0 Å². The molecule has 1 aliphatic heterocycles. The Hall–Kier alpha value is -3.36. The van der Waals surface area contributed by atoms with Crippen LogP contribution in [-0.2, 0) is 14.8 Å². The van der Waals surface area contributed by atoms with E-state index in [0.717, 1.165) is 52.8 Å². The van der Waals surface area contributed by atoms with E-state index in [-0.39, 0.29) is 12.5 Å². The van der Waals surface area contributed by atoms with Gasteiger partial charge in [0.15, 0.2) is 0 Å². The maximum absolute atomic E-state index is 12.2. The summed E-state index contributed by atoms with van der Waals surface area (Å²) in [6, 6.07) is 11.0. The molecule has 1 saturated heterocycles. The largest absolute Gasteiger partial charge is 0.493 e. The Morgan fingerprint density at radius 3 is 2.38 bits per heavy atom. The average Bonchev–Trinajstić information content (AvgIpc) is 3.17. The Kier molecular flexibility index (Phi) is 8.90. The van der Waals surface area contributed by atoms with E-state index in [1.54, 1.807) is 38.1 Å². The molecule has 2 aromatic rings. The lowest BCUT2D eigenvalue weighted by Crippen LogP contribution is -2.21. The second-order valence-corrected chi connectivity index (χ2v) is 13.2. The molecular weight excluding hydrogens is 526 g/mol. The van der Waals surface area contributed by atoms with Crippen LogP contribution in [0.5, 0.6) is 11.5 Å². The zero-order valence-electron chi connectivity index (χ0n) is 23.7. The molecule has 0 saturated carbocycles. The molecule has 1 unspecified atom stereocenters. The highest BCUT2D eigenvalue weighted by molar-refractivity contribution is 7.90. The summed E-state index contributed by atoms with van der Waals surface area (Å²) in [4.78, 5) is 11.6. The lowest BCUT2D eigenvalue weighted by molar-refractivity contribution is -0.118. The van der Waals surface area contributed by atoms with Gasteiger partial charge in [-0.3, -0.25) is 9.52 Å². The summed E-state index contributed by atoms with van der Waals surface area (Å²) in [5, 5.41) is 9.09. The molecule has 4 rings (SSSR count). The molecular formula is C32H39NO6S. The highest BCUT2D eigenvalue weighted by atomic mass is 32.2. The van der Waals surface area contributed by atoms with E-state index in [9.17, 15) is 18.3 Å². The van der Waals surface area contributed by atoms with E-state index < -0.39 is 26.8 Å². The number of nitrogens with one attached hydrogen (secondary N) is 1. The van der Waals surface area contributed by atoms with Gasteiger partial charge < -0.3 is 14.6 Å². The average molecular weight is 566 g/mol. The summed E-state index contributed by atoms with van der Waals surface area (Å²) in [7, 11) is -3.68. The number of allylic oxidation sites excluding steroid dienone is 4. The zero-order chi connectivity index (χ0) is 29.1. The second kappa shape index (κ2) is 12.0. The predicted octanol–water partition coefficient (Wildman–Crippen LogP) is 5.86. The van der Waals surface area contributed by atoms with Crippen molar-refractivity contribution in [3.63, 3.8) is 0 Å². The SMILES string of the molecule is C=C1CC[C@@H](Oc2ccc(C3CC(=O)NS3(=O)=O)cc2)C/C=C\C=C/1c1c(C)cc(OCCC(C)(C)O)cc1C. The van der Waals surface area contributed by atoms with Crippen molar-refractivity contribution >= 4 is 21.5 Å². The second-order valence-electron chi connectivity index (χ2n) is 11.3. The summed E-state index contributed by atoms with van der Waals surface area (Å²) in [6.07, 6.45) is 8.92. The normalized spacial score (nSPS) is 23.3. The van der Waals surface area contributed by atoms with Crippen LogP contribution in [0.15, 0.2) is 66.8 Å². The molecule has 2 N–H and O–H groups in total. The Morgan fingerprint density at radius 2 is 1.77 bits per heavy atom. The van der Waals surface area contributed by atoms with Crippen LogP contribution in [0, 0.1) is 13.8 Å². The van der Waals surface area contributed by atoms with Gasteiger partial charge in [-0.2, -0.15) is 0 Å². The number of sulfonamides is 1. The van der Waals surface area contributed by atoms with Crippen molar-refractivity contribution < 1.29 is 27.8 Å². The predicted molar refractivity (Wildman–Crippen MR) is 158 cm³/mol. The molecule has 0 spiro atoms. The summed E-state index contributed by atoms with van der Waals surface area (Å²) in [5.74, 6) is 0.968. The number of hydrogen-bond donors (Lipinski definition) is 2. The van der Waals surface area contributed by atoms with Gasteiger partial charge in [-0.05, 0) is 98.2 Å². The molecule has 40 heavy (non-hydrogen) atoms. The van der Waals surface area contributed by atoms with Gasteiger partial charge in [-0.25, -0.2) is 8.42 Å². The molecule has 8 heteroatoms. The fourth-order valence-corrected chi connectivity index (χ4v) is 6.55. The highest BCUT2D eigenvalue weighted by Gasteiger charge is 2.37. The molecule has 2 aromatic carbocycles. The molecule has 1 fully saturated rings. The lowest BCUT2D eigenvalue weighted by atomic mass is 9.89. The molecule has 2 aliphatic rings. The van der Waals surface area contributed by atoms with Gasteiger partial charge in [0.2, 0.25) is 15.9 Å². The van der Waals surface area contributed by atoms with Gasteiger partial charge in [0, 0.05) is 12.8 Å². The van der Waals surface area contributed by atoms with Crippen LogP contribution in [0.2, 0.25) is 0 Å². The Labute approximate surface area is 237 Å². The Balaban J connectivity index is 1.41. The van der Waals surface area contributed by atoms with E-state index in [2.05, 4.69) is 32.6 Å². The van der Waals surface area contributed by atoms with Crippen LogP contribution in [0.25, 0.3) is 5.57 Å². The number of hydrogen-bond acceptors (Lipinski definition) is 6.